The molecule has 0 radical (unpaired) electrons. The Bertz CT molecular complexity index is 387. The van der Waals surface area contributed by atoms with E-state index in [2.05, 4.69) is 10.6 Å². The molecule has 1 rings (SSSR count). The molecule has 8 heteroatoms. The lowest BCUT2D eigenvalue weighted by atomic mass is 9.85. The van der Waals surface area contributed by atoms with Gasteiger partial charge in [-0.25, -0.2) is 4.79 Å². The number of hydrogen-bond acceptors (Lipinski definition) is 2. The number of alkyl halides is 3. The summed E-state index contributed by atoms with van der Waals surface area (Å²) in [5.41, 5.74) is -0.979. The van der Waals surface area contributed by atoms with Crippen molar-refractivity contribution in [3.63, 3.8) is 0 Å². The largest absolute Gasteiger partial charge is 0.481 e. The first-order valence-corrected chi connectivity index (χ1v) is 7.00. The van der Waals surface area contributed by atoms with Gasteiger partial charge in [0, 0.05) is 19.0 Å². The van der Waals surface area contributed by atoms with Gasteiger partial charge >= 0.3 is 18.2 Å². The minimum Gasteiger partial charge on any atom is -0.481 e. The van der Waals surface area contributed by atoms with Gasteiger partial charge in [-0.05, 0) is 32.6 Å². The molecule has 0 aromatic rings. The number of aliphatic carboxylic acids is 1. The average molecular weight is 310 g/mol. The van der Waals surface area contributed by atoms with Crippen LogP contribution in [0.1, 0.15) is 45.4 Å². The van der Waals surface area contributed by atoms with Crippen LogP contribution in [0.5, 0.6) is 0 Å². The van der Waals surface area contributed by atoms with Gasteiger partial charge in [0.15, 0.2) is 0 Å². The molecule has 1 fully saturated rings. The summed E-state index contributed by atoms with van der Waals surface area (Å²) in [5, 5.41) is 14.3. The highest BCUT2D eigenvalue weighted by Crippen LogP contribution is 2.38. The van der Waals surface area contributed by atoms with Crippen LogP contribution in [0.15, 0.2) is 0 Å². The van der Waals surface area contributed by atoms with Crippen LogP contribution in [0.2, 0.25) is 0 Å². The summed E-state index contributed by atoms with van der Waals surface area (Å²) < 4.78 is 35.8. The maximum Gasteiger partial charge on any atom is 0.389 e. The Labute approximate surface area is 121 Å². The van der Waals surface area contributed by atoms with E-state index in [-0.39, 0.29) is 19.4 Å². The number of carboxylic acid groups (broad SMARTS) is 1. The van der Waals surface area contributed by atoms with E-state index < -0.39 is 36.1 Å². The third kappa shape index (κ3) is 5.43. The summed E-state index contributed by atoms with van der Waals surface area (Å²) in [7, 11) is 0. The quantitative estimate of drug-likeness (QED) is 0.660. The van der Waals surface area contributed by atoms with Crippen LogP contribution in [0.3, 0.4) is 0 Å². The van der Waals surface area contributed by atoms with Crippen molar-refractivity contribution in [3.05, 3.63) is 0 Å². The fourth-order valence-corrected chi connectivity index (χ4v) is 2.52. The first kappa shape index (κ1) is 17.6. The van der Waals surface area contributed by atoms with Gasteiger partial charge < -0.3 is 15.7 Å². The highest BCUT2D eigenvalue weighted by Gasteiger charge is 2.45. The predicted octanol–water partition coefficient (Wildman–Crippen LogP) is 2.66. The molecule has 0 saturated heterocycles. The Kier molecular flexibility index (Phi) is 5.86. The lowest BCUT2D eigenvalue weighted by Gasteiger charge is -2.27. The van der Waals surface area contributed by atoms with E-state index in [4.69, 9.17) is 0 Å². The fraction of sp³-hybridized carbons (Fsp3) is 0.846. The van der Waals surface area contributed by atoms with Crippen molar-refractivity contribution in [2.24, 2.45) is 5.41 Å². The summed E-state index contributed by atoms with van der Waals surface area (Å²) in [4.78, 5) is 22.9. The molecule has 1 saturated carbocycles. The molecule has 0 aromatic heterocycles. The third-order valence-corrected chi connectivity index (χ3v) is 3.92. The van der Waals surface area contributed by atoms with Gasteiger partial charge in [0.2, 0.25) is 0 Å². The zero-order valence-corrected chi connectivity index (χ0v) is 11.9. The van der Waals surface area contributed by atoms with Crippen molar-refractivity contribution in [1.29, 1.82) is 0 Å². The number of halogens is 3. The number of carbonyl (C=O) groups is 2. The highest BCUT2D eigenvalue weighted by atomic mass is 19.4. The van der Waals surface area contributed by atoms with Crippen molar-refractivity contribution in [1.82, 2.24) is 10.6 Å². The van der Waals surface area contributed by atoms with Gasteiger partial charge in [-0.15, -0.1) is 0 Å². The summed E-state index contributed by atoms with van der Waals surface area (Å²) in [6.07, 6.45) is -3.04. The molecule has 2 amide bonds. The van der Waals surface area contributed by atoms with E-state index in [1.807, 2.05) is 0 Å². The molecule has 21 heavy (non-hydrogen) atoms. The first-order chi connectivity index (χ1) is 9.65. The van der Waals surface area contributed by atoms with E-state index >= 15 is 0 Å². The summed E-state index contributed by atoms with van der Waals surface area (Å²) >= 11 is 0. The Morgan fingerprint density at radius 1 is 1.33 bits per heavy atom. The van der Waals surface area contributed by atoms with Crippen LogP contribution in [-0.2, 0) is 4.79 Å². The van der Waals surface area contributed by atoms with E-state index in [9.17, 15) is 27.9 Å². The topological polar surface area (TPSA) is 78.4 Å². The molecular formula is C13H21F3N2O3. The van der Waals surface area contributed by atoms with Gasteiger partial charge in [-0.1, -0.05) is 6.42 Å². The van der Waals surface area contributed by atoms with Crippen molar-refractivity contribution in [3.8, 4) is 0 Å². The van der Waals surface area contributed by atoms with Gasteiger partial charge in [-0.3, -0.25) is 4.79 Å². The van der Waals surface area contributed by atoms with Crippen molar-refractivity contribution in [2.75, 3.05) is 6.54 Å². The summed E-state index contributed by atoms with van der Waals surface area (Å²) in [5.74, 6) is -0.949. The van der Waals surface area contributed by atoms with Crippen LogP contribution in [0.4, 0.5) is 18.0 Å². The van der Waals surface area contributed by atoms with Crippen LogP contribution in [0.25, 0.3) is 0 Å². The van der Waals surface area contributed by atoms with E-state index in [0.29, 0.717) is 12.8 Å². The minimum absolute atomic E-state index is 0.0416. The lowest BCUT2D eigenvalue weighted by Crippen LogP contribution is -2.50. The van der Waals surface area contributed by atoms with E-state index in [0.717, 1.165) is 6.42 Å². The second-order valence-corrected chi connectivity index (χ2v) is 5.64. The number of carbonyl (C=O) groups excluding carboxylic acids is 1. The molecule has 0 aliphatic heterocycles. The summed E-state index contributed by atoms with van der Waals surface area (Å²) in [6, 6.07) is -0.980. The molecular weight excluding hydrogens is 289 g/mol. The number of carboxylic acids is 1. The minimum atomic E-state index is -4.17. The molecule has 0 spiro atoms. The maximum absolute atomic E-state index is 11.9. The molecule has 1 aliphatic rings. The van der Waals surface area contributed by atoms with Crippen LogP contribution in [0, 0.1) is 5.41 Å². The van der Waals surface area contributed by atoms with Gasteiger partial charge in [0.1, 0.15) is 0 Å². The first-order valence-electron chi connectivity index (χ1n) is 7.00. The molecule has 5 nitrogen and oxygen atoms in total. The maximum atomic E-state index is 11.9. The third-order valence-electron chi connectivity index (χ3n) is 3.92. The Morgan fingerprint density at radius 2 is 2.00 bits per heavy atom. The van der Waals surface area contributed by atoms with E-state index in [1.165, 1.54) is 0 Å². The summed E-state index contributed by atoms with van der Waals surface area (Å²) in [6.45, 7) is 1.73. The second-order valence-electron chi connectivity index (χ2n) is 5.64. The Hall–Kier alpha value is -1.47. The number of nitrogens with one attached hydrogen (secondary N) is 2. The molecule has 122 valence electrons. The average Bonchev–Trinajstić information content (AvgIpc) is 2.70. The van der Waals surface area contributed by atoms with Gasteiger partial charge in [-0.2, -0.15) is 13.2 Å². The van der Waals surface area contributed by atoms with Crippen molar-refractivity contribution in [2.45, 2.75) is 57.7 Å². The zero-order chi connectivity index (χ0) is 16.1. The monoisotopic (exact) mass is 310 g/mol. The molecule has 3 N–H and O–H groups in total. The molecule has 1 aliphatic carbocycles. The van der Waals surface area contributed by atoms with Crippen LogP contribution >= 0.6 is 0 Å². The number of urea groups is 1. The number of unbranched alkanes of at least 4 members (excludes halogenated alkanes) is 1. The van der Waals surface area contributed by atoms with Crippen molar-refractivity contribution >= 4 is 12.0 Å². The molecule has 0 heterocycles. The number of hydrogen-bond donors (Lipinski definition) is 3. The molecule has 0 bridgehead atoms. The molecule has 0 aromatic carbocycles. The Balaban J connectivity index is 2.26. The second kappa shape index (κ2) is 7.00. The molecule has 2 atom stereocenters. The number of rotatable bonds is 6. The SMILES string of the molecule is CC1(C(=O)O)CCCC1NC(=O)NCCCCC(F)(F)F. The van der Waals surface area contributed by atoms with Crippen LogP contribution in [-0.4, -0.2) is 35.9 Å². The lowest BCUT2D eigenvalue weighted by molar-refractivity contribution is -0.148. The smallest absolute Gasteiger partial charge is 0.389 e. The van der Waals surface area contributed by atoms with Crippen LogP contribution < -0.4 is 10.6 Å². The van der Waals surface area contributed by atoms with Crippen molar-refractivity contribution < 1.29 is 27.9 Å². The normalized spacial score (nSPS) is 25.6. The standard InChI is InChI=1S/C13H21F3N2O3/c1-12(10(19)20)6-4-5-9(12)18-11(21)17-8-3-2-7-13(14,15)16/h9H,2-8H2,1H3,(H,19,20)(H2,17,18,21). The predicted molar refractivity (Wildman–Crippen MR) is 69.8 cm³/mol. The van der Waals surface area contributed by atoms with E-state index in [1.54, 1.807) is 6.92 Å². The number of amides is 2. The molecule has 2 unspecified atom stereocenters. The van der Waals surface area contributed by atoms with Gasteiger partial charge in [0.05, 0.1) is 5.41 Å². The Morgan fingerprint density at radius 3 is 2.57 bits per heavy atom. The fourth-order valence-electron chi connectivity index (χ4n) is 2.52. The highest BCUT2D eigenvalue weighted by molar-refractivity contribution is 5.79. The van der Waals surface area contributed by atoms with Gasteiger partial charge in [0.25, 0.3) is 0 Å². The zero-order valence-electron chi connectivity index (χ0n) is 11.9.